The molecular weight excluding hydrogens is 314 g/mol. The van der Waals surface area contributed by atoms with Gasteiger partial charge in [0.15, 0.2) is 0 Å². The molecule has 0 saturated carbocycles. The van der Waals surface area contributed by atoms with Crippen molar-refractivity contribution in [3.8, 4) is 0 Å². The van der Waals surface area contributed by atoms with E-state index in [2.05, 4.69) is 44.6 Å². The van der Waals surface area contributed by atoms with Gasteiger partial charge in [-0.15, -0.1) is 0 Å². The molecule has 0 spiro atoms. The van der Waals surface area contributed by atoms with Crippen LogP contribution in [0.1, 0.15) is 49.8 Å². The quantitative estimate of drug-likeness (QED) is 0.877. The van der Waals surface area contributed by atoms with Gasteiger partial charge < -0.3 is 5.32 Å². The Bertz CT molecular complexity index is 662. The average molecular weight is 341 g/mol. The third-order valence-corrected chi connectivity index (χ3v) is 4.78. The van der Waals surface area contributed by atoms with Crippen molar-refractivity contribution in [2.75, 3.05) is 13.1 Å². The fourth-order valence-electron chi connectivity index (χ4n) is 3.26. The fraction of sp³-hybridized carbons (Fsp3) is 0.526. The van der Waals surface area contributed by atoms with Crippen molar-refractivity contribution >= 4 is 5.91 Å². The van der Waals surface area contributed by atoms with Gasteiger partial charge in [-0.1, -0.05) is 37.1 Å². The molecular formula is C19H27N5O. The first-order chi connectivity index (χ1) is 12.2. The van der Waals surface area contributed by atoms with Gasteiger partial charge in [0.2, 0.25) is 5.91 Å². The topological polar surface area (TPSA) is 63.1 Å². The van der Waals surface area contributed by atoms with E-state index in [0.717, 1.165) is 12.1 Å². The molecule has 6 nitrogen and oxygen atoms in total. The number of nitrogens with one attached hydrogen (secondary N) is 1. The Hall–Kier alpha value is -2.21. The van der Waals surface area contributed by atoms with Crippen LogP contribution < -0.4 is 5.32 Å². The standard InChI is InChI=1S/C19H27N5O/c1-16(24-15-20-14-22-24)19(25)21-12-17-7-6-8-18(11-17)13-23-9-4-2-3-5-10-23/h6-8,11,14-16H,2-5,9-10,12-13H2,1H3,(H,21,25)/t16-/m1/s1. The maximum Gasteiger partial charge on any atom is 0.244 e. The van der Waals surface area contributed by atoms with Gasteiger partial charge in [-0.2, -0.15) is 5.10 Å². The van der Waals surface area contributed by atoms with Crippen LogP contribution in [-0.4, -0.2) is 38.7 Å². The predicted molar refractivity (Wildman–Crippen MR) is 96.8 cm³/mol. The second-order valence-corrected chi connectivity index (χ2v) is 6.78. The summed E-state index contributed by atoms with van der Waals surface area (Å²) in [6.45, 7) is 5.73. The summed E-state index contributed by atoms with van der Waals surface area (Å²) in [6.07, 6.45) is 8.31. The molecule has 1 aliphatic heterocycles. The molecule has 1 aromatic heterocycles. The average Bonchev–Trinajstić information content (AvgIpc) is 3.05. The fourth-order valence-corrected chi connectivity index (χ4v) is 3.26. The van der Waals surface area contributed by atoms with Gasteiger partial charge in [-0.05, 0) is 44.0 Å². The molecule has 6 heteroatoms. The Morgan fingerprint density at radius 2 is 1.96 bits per heavy atom. The molecule has 0 bridgehead atoms. The minimum absolute atomic E-state index is 0.0524. The van der Waals surface area contributed by atoms with Gasteiger partial charge in [-0.25, -0.2) is 9.67 Å². The van der Waals surface area contributed by atoms with Crippen LogP contribution >= 0.6 is 0 Å². The summed E-state index contributed by atoms with van der Waals surface area (Å²) >= 11 is 0. The summed E-state index contributed by atoms with van der Waals surface area (Å²) in [7, 11) is 0. The van der Waals surface area contributed by atoms with Crippen LogP contribution in [0.4, 0.5) is 0 Å². The summed E-state index contributed by atoms with van der Waals surface area (Å²) in [5.74, 6) is -0.0524. The summed E-state index contributed by atoms with van der Waals surface area (Å²) in [6, 6.07) is 8.16. The third-order valence-electron chi connectivity index (χ3n) is 4.78. The van der Waals surface area contributed by atoms with E-state index in [4.69, 9.17) is 0 Å². The van der Waals surface area contributed by atoms with Gasteiger partial charge >= 0.3 is 0 Å². The van der Waals surface area contributed by atoms with E-state index in [9.17, 15) is 4.79 Å². The first kappa shape index (κ1) is 17.6. The number of aromatic nitrogens is 3. The van der Waals surface area contributed by atoms with Crippen LogP contribution in [0.2, 0.25) is 0 Å². The van der Waals surface area contributed by atoms with Crippen LogP contribution in [-0.2, 0) is 17.9 Å². The predicted octanol–water partition coefficient (Wildman–Crippen LogP) is 2.53. The minimum Gasteiger partial charge on any atom is -0.350 e. The molecule has 1 aromatic carbocycles. The van der Waals surface area contributed by atoms with Crippen molar-refractivity contribution < 1.29 is 4.79 Å². The van der Waals surface area contributed by atoms with E-state index >= 15 is 0 Å². The Kier molecular flexibility index (Phi) is 6.17. The lowest BCUT2D eigenvalue weighted by atomic mass is 10.1. The van der Waals surface area contributed by atoms with Crippen LogP contribution in [0.3, 0.4) is 0 Å². The number of nitrogens with zero attached hydrogens (tertiary/aromatic N) is 4. The Labute approximate surface area is 149 Å². The molecule has 1 amide bonds. The third kappa shape index (κ3) is 5.13. The van der Waals surface area contributed by atoms with Crippen molar-refractivity contribution in [3.63, 3.8) is 0 Å². The van der Waals surface area contributed by atoms with Gasteiger partial charge in [0, 0.05) is 13.1 Å². The van der Waals surface area contributed by atoms with E-state index in [-0.39, 0.29) is 11.9 Å². The SMILES string of the molecule is C[C@H](C(=O)NCc1cccc(CN2CCCCCC2)c1)n1cncn1. The molecule has 25 heavy (non-hydrogen) atoms. The maximum absolute atomic E-state index is 12.2. The largest absolute Gasteiger partial charge is 0.350 e. The van der Waals surface area contributed by atoms with E-state index in [0.29, 0.717) is 6.54 Å². The number of rotatable bonds is 6. The van der Waals surface area contributed by atoms with Crippen molar-refractivity contribution in [1.82, 2.24) is 25.0 Å². The first-order valence-corrected chi connectivity index (χ1v) is 9.14. The number of hydrogen-bond acceptors (Lipinski definition) is 4. The Balaban J connectivity index is 1.53. The smallest absolute Gasteiger partial charge is 0.244 e. The zero-order valence-corrected chi connectivity index (χ0v) is 14.9. The van der Waals surface area contributed by atoms with Crippen molar-refractivity contribution in [2.24, 2.45) is 0 Å². The zero-order chi connectivity index (χ0) is 17.5. The lowest BCUT2D eigenvalue weighted by Crippen LogP contribution is -2.31. The van der Waals surface area contributed by atoms with Crippen LogP contribution in [0.5, 0.6) is 0 Å². The molecule has 1 aliphatic rings. The van der Waals surface area contributed by atoms with Gasteiger partial charge in [-0.3, -0.25) is 9.69 Å². The van der Waals surface area contributed by atoms with Gasteiger partial charge in [0.25, 0.3) is 0 Å². The van der Waals surface area contributed by atoms with E-state index in [1.165, 1.54) is 50.7 Å². The summed E-state index contributed by atoms with van der Waals surface area (Å²) in [5.41, 5.74) is 2.45. The molecule has 1 fully saturated rings. The first-order valence-electron chi connectivity index (χ1n) is 9.14. The van der Waals surface area contributed by atoms with E-state index < -0.39 is 0 Å². The molecule has 2 aromatic rings. The number of carbonyl (C=O) groups excluding carboxylic acids is 1. The summed E-state index contributed by atoms with van der Waals surface area (Å²) in [5, 5.41) is 7.00. The zero-order valence-electron chi connectivity index (χ0n) is 14.9. The lowest BCUT2D eigenvalue weighted by molar-refractivity contribution is -0.124. The van der Waals surface area contributed by atoms with Crippen molar-refractivity contribution in [1.29, 1.82) is 0 Å². The van der Waals surface area contributed by atoms with Crippen molar-refractivity contribution in [2.45, 2.75) is 51.7 Å². The lowest BCUT2D eigenvalue weighted by Gasteiger charge is -2.20. The van der Waals surface area contributed by atoms with Gasteiger partial charge in [0.05, 0.1) is 0 Å². The highest BCUT2D eigenvalue weighted by atomic mass is 16.2. The molecule has 1 N–H and O–H groups in total. The number of hydrogen-bond donors (Lipinski definition) is 1. The normalized spacial score (nSPS) is 17.0. The summed E-state index contributed by atoms with van der Waals surface area (Å²) in [4.78, 5) is 18.7. The molecule has 1 atom stereocenters. The highest BCUT2D eigenvalue weighted by Crippen LogP contribution is 2.14. The molecule has 3 rings (SSSR count). The molecule has 1 saturated heterocycles. The van der Waals surface area contributed by atoms with E-state index in [1.54, 1.807) is 11.0 Å². The molecule has 0 unspecified atom stereocenters. The number of amides is 1. The van der Waals surface area contributed by atoms with Crippen molar-refractivity contribution in [3.05, 3.63) is 48.0 Å². The number of benzene rings is 1. The molecule has 0 radical (unpaired) electrons. The van der Waals surface area contributed by atoms with Crippen LogP contribution in [0, 0.1) is 0 Å². The second-order valence-electron chi connectivity index (χ2n) is 6.78. The monoisotopic (exact) mass is 341 g/mol. The highest BCUT2D eigenvalue weighted by Gasteiger charge is 2.15. The highest BCUT2D eigenvalue weighted by molar-refractivity contribution is 5.79. The Morgan fingerprint density at radius 1 is 1.20 bits per heavy atom. The number of likely N-dealkylation sites (tertiary alicyclic amines) is 1. The second kappa shape index (κ2) is 8.76. The number of carbonyl (C=O) groups is 1. The van der Waals surface area contributed by atoms with Crippen LogP contribution in [0.25, 0.3) is 0 Å². The summed E-state index contributed by atoms with van der Waals surface area (Å²) < 4.78 is 1.56. The molecule has 0 aliphatic carbocycles. The Morgan fingerprint density at radius 3 is 2.68 bits per heavy atom. The molecule has 2 heterocycles. The van der Waals surface area contributed by atoms with Gasteiger partial charge in [0.1, 0.15) is 18.7 Å². The van der Waals surface area contributed by atoms with E-state index in [1.807, 2.05) is 6.92 Å². The molecule has 134 valence electrons. The maximum atomic E-state index is 12.2. The minimum atomic E-state index is -0.359. The van der Waals surface area contributed by atoms with Crippen LogP contribution in [0.15, 0.2) is 36.9 Å².